The molecule has 1 unspecified atom stereocenters. The van der Waals surface area contributed by atoms with Gasteiger partial charge >= 0.3 is 0 Å². The average Bonchev–Trinajstić information content (AvgIpc) is 2.77. The lowest BCUT2D eigenvalue weighted by molar-refractivity contribution is 0.873. The van der Waals surface area contributed by atoms with Crippen LogP contribution in [0.3, 0.4) is 0 Å². The highest BCUT2D eigenvalue weighted by molar-refractivity contribution is 7.12. The summed E-state index contributed by atoms with van der Waals surface area (Å²) in [6, 6.07) is 8.14. The van der Waals surface area contributed by atoms with Gasteiger partial charge in [-0.1, -0.05) is 0 Å². The highest BCUT2D eigenvalue weighted by Crippen LogP contribution is 2.30. The summed E-state index contributed by atoms with van der Waals surface area (Å²) in [6.45, 7) is 6.44. The quantitative estimate of drug-likeness (QED) is 0.716. The van der Waals surface area contributed by atoms with E-state index in [1.807, 2.05) is 29.5 Å². The van der Waals surface area contributed by atoms with E-state index in [-0.39, 0.29) is 6.04 Å². The SMILES string of the molecule is Cc1cc(C(C)Nc2ncnc3cc(N)ccc23)c(C)s1. The van der Waals surface area contributed by atoms with Crippen LogP contribution in [0.1, 0.15) is 28.3 Å². The Balaban J connectivity index is 1.96. The first-order valence-electron chi connectivity index (χ1n) is 6.88. The predicted octanol–water partition coefficient (Wildman–Crippen LogP) is 4.06. The molecule has 3 rings (SSSR count). The van der Waals surface area contributed by atoms with Gasteiger partial charge in [-0.3, -0.25) is 0 Å². The molecule has 4 nitrogen and oxygen atoms in total. The molecule has 0 radical (unpaired) electrons. The van der Waals surface area contributed by atoms with Gasteiger partial charge in [-0.2, -0.15) is 0 Å². The Hall–Kier alpha value is -2.14. The molecule has 5 heteroatoms. The van der Waals surface area contributed by atoms with Crippen LogP contribution in [0.5, 0.6) is 0 Å². The summed E-state index contributed by atoms with van der Waals surface area (Å²) in [6.07, 6.45) is 1.57. The molecule has 2 heterocycles. The fourth-order valence-corrected chi connectivity index (χ4v) is 3.57. The topological polar surface area (TPSA) is 63.8 Å². The lowest BCUT2D eigenvalue weighted by atomic mass is 10.1. The van der Waals surface area contributed by atoms with Gasteiger partial charge in [0.2, 0.25) is 0 Å². The van der Waals surface area contributed by atoms with Crippen molar-refractivity contribution in [3.63, 3.8) is 0 Å². The molecule has 0 aliphatic rings. The lowest BCUT2D eigenvalue weighted by Crippen LogP contribution is -2.08. The fraction of sp³-hybridized carbons (Fsp3) is 0.250. The maximum Gasteiger partial charge on any atom is 0.137 e. The van der Waals surface area contributed by atoms with Crippen LogP contribution in [-0.4, -0.2) is 9.97 Å². The van der Waals surface area contributed by atoms with Gasteiger partial charge in [0, 0.05) is 20.8 Å². The van der Waals surface area contributed by atoms with Crippen LogP contribution in [0.4, 0.5) is 11.5 Å². The number of aromatic nitrogens is 2. The summed E-state index contributed by atoms with van der Waals surface area (Å²) in [7, 11) is 0. The fourth-order valence-electron chi connectivity index (χ4n) is 2.55. The Morgan fingerprint density at radius 1 is 1.19 bits per heavy atom. The van der Waals surface area contributed by atoms with E-state index in [0.717, 1.165) is 16.7 Å². The summed E-state index contributed by atoms with van der Waals surface area (Å²) in [5, 5.41) is 4.48. The maximum absolute atomic E-state index is 5.81. The van der Waals surface area contributed by atoms with Crippen LogP contribution < -0.4 is 11.1 Å². The lowest BCUT2D eigenvalue weighted by Gasteiger charge is -2.16. The van der Waals surface area contributed by atoms with E-state index in [4.69, 9.17) is 5.73 Å². The molecule has 0 saturated carbocycles. The summed E-state index contributed by atoms with van der Waals surface area (Å²) in [5.74, 6) is 0.843. The number of aryl methyl sites for hydroxylation is 2. The monoisotopic (exact) mass is 298 g/mol. The highest BCUT2D eigenvalue weighted by atomic mass is 32.1. The van der Waals surface area contributed by atoms with Gasteiger partial charge in [-0.25, -0.2) is 9.97 Å². The molecule has 2 aromatic heterocycles. The van der Waals surface area contributed by atoms with Gasteiger partial charge in [-0.15, -0.1) is 11.3 Å². The largest absolute Gasteiger partial charge is 0.399 e. The van der Waals surface area contributed by atoms with E-state index < -0.39 is 0 Å². The van der Waals surface area contributed by atoms with Gasteiger partial charge in [0.25, 0.3) is 0 Å². The van der Waals surface area contributed by atoms with Crippen molar-refractivity contribution in [1.29, 1.82) is 0 Å². The molecule has 0 amide bonds. The number of thiophene rings is 1. The maximum atomic E-state index is 5.81. The molecule has 0 saturated heterocycles. The molecule has 3 aromatic rings. The van der Waals surface area contributed by atoms with Crippen molar-refractivity contribution in [1.82, 2.24) is 9.97 Å². The Bertz CT molecular complexity index is 794. The van der Waals surface area contributed by atoms with E-state index >= 15 is 0 Å². The third kappa shape index (κ3) is 2.69. The smallest absolute Gasteiger partial charge is 0.137 e. The van der Waals surface area contributed by atoms with E-state index in [2.05, 4.69) is 42.1 Å². The molecule has 21 heavy (non-hydrogen) atoms. The zero-order valence-electron chi connectivity index (χ0n) is 12.3. The molecular weight excluding hydrogens is 280 g/mol. The molecule has 1 aromatic carbocycles. The molecule has 0 spiro atoms. The van der Waals surface area contributed by atoms with Crippen LogP contribution in [0, 0.1) is 13.8 Å². The summed E-state index contributed by atoms with van der Waals surface area (Å²) >= 11 is 1.82. The molecule has 0 aliphatic carbocycles. The van der Waals surface area contributed by atoms with Crippen LogP contribution in [0.2, 0.25) is 0 Å². The predicted molar refractivity (Wildman–Crippen MR) is 89.8 cm³/mol. The second kappa shape index (κ2) is 5.33. The first-order chi connectivity index (χ1) is 10.0. The van der Waals surface area contributed by atoms with Crippen molar-refractivity contribution in [3.05, 3.63) is 45.9 Å². The van der Waals surface area contributed by atoms with Crippen molar-refractivity contribution in [2.45, 2.75) is 26.8 Å². The standard InChI is InChI=1S/C16H18N4S/c1-9-6-14(11(3)21-9)10(2)20-16-13-5-4-12(17)7-15(13)18-8-19-16/h4-8,10H,17H2,1-3H3,(H,18,19,20). The van der Waals surface area contributed by atoms with Crippen molar-refractivity contribution in [2.24, 2.45) is 0 Å². The number of fused-ring (bicyclic) bond motifs is 1. The Kier molecular flexibility index (Phi) is 3.51. The normalized spacial score (nSPS) is 12.5. The first-order valence-corrected chi connectivity index (χ1v) is 7.70. The van der Waals surface area contributed by atoms with Gasteiger partial charge < -0.3 is 11.1 Å². The summed E-state index contributed by atoms with van der Waals surface area (Å²) in [4.78, 5) is 11.3. The summed E-state index contributed by atoms with van der Waals surface area (Å²) < 4.78 is 0. The zero-order valence-corrected chi connectivity index (χ0v) is 13.2. The molecule has 0 aliphatic heterocycles. The number of nitrogen functional groups attached to an aromatic ring is 1. The van der Waals surface area contributed by atoms with E-state index in [1.54, 1.807) is 6.33 Å². The second-order valence-electron chi connectivity index (χ2n) is 5.23. The zero-order chi connectivity index (χ0) is 15.0. The van der Waals surface area contributed by atoms with Crippen LogP contribution in [0.15, 0.2) is 30.6 Å². The molecule has 1 atom stereocenters. The van der Waals surface area contributed by atoms with Crippen LogP contribution in [0.25, 0.3) is 10.9 Å². The van der Waals surface area contributed by atoms with Crippen molar-refractivity contribution >= 4 is 33.7 Å². The molecular formula is C16H18N4S. The Morgan fingerprint density at radius 3 is 2.71 bits per heavy atom. The van der Waals surface area contributed by atoms with Gasteiger partial charge in [-0.05, 0) is 50.6 Å². The van der Waals surface area contributed by atoms with Gasteiger partial charge in [0.1, 0.15) is 12.1 Å². The minimum atomic E-state index is 0.200. The average molecular weight is 298 g/mol. The minimum Gasteiger partial charge on any atom is -0.399 e. The Morgan fingerprint density at radius 2 is 2.00 bits per heavy atom. The number of rotatable bonds is 3. The van der Waals surface area contributed by atoms with Crippen LogP contribution >= 0.6 is 11.3 Å². The number of hydrogen-bond donors (Lipinski definition) is 2. The minimum absolute atomic E-state index is 0.200. The summed E-state index contributed by atoms with van der Waals surface area (Å²) in [5.41, 5.74) is 8.70. The van der Waals surface area contributed by atoms with Crippen molar-refractivity contribution in [2.75, 3.05) is 11.1 Å². The number of anilines is 2. The third-order valence-electron chi connectivity index (χ3n) is 3.56. The van der Waals surface area contributed by atoms with E-state index in [1.165, 1.54) is 15.3 Å². The number of hydrogen-bond acceptors (Lipinski definition) is 5. The molecule has 108 valence electrons. The van der Waals surface area contributed by atoms with Crippen LogP contribution in [-0.2, 0) is 0 Å². The van der Waals surface area contributed by atoms with E-state index in [0.29, 0.717) is 5.69 Å². The molecule has 3 N–H and O–H groups in total. The molecule has 0 bridgehead atoms. The number of nitrogens with two attached hydrogens (primary N) is 1. The van der Waals surface area contributed by atoms with Crippen molar-refractivity contribution < 1.29 is 0 Å². The number of benzene rings is 1. The first kappa shape index (κ1) is 13.8. The van der Waals surface area contributed by atoms with Gasteiger partial charge in [0.15, 0.2) is 0 Å². The number of nitrogens with one attached hydrogen (secondary N) is 1. The number of nitrogens with zero attached hydrogens (tertiary/aromatic N) is 2. The molecule has 0 fully saturated rings. The van der Waals surface area contributed by atoms with E-state index in [9.17, 15) is 0 Å². The van der Waals surface area contributed by atoms with Crippen molar-refractivity contribution in [3.8, 4) is 0 Å². The highest BCUT2D eigenvalue weighted by Gasteiger charge is 2.13. The third-order valence-corrected chi connectivity index (χ3v) is 4.54. The van der Waals surface area contributed by atoms with Gasteiger partial charge in [0.05, 0.1) is 11.6 Å². The second-order valence-corrected chi connectivity index (χ2v) is 6.69. The Labute approximate surface area is 128 Å².